The fourth-order valence-electron chi connectivity index (χ4n) is 2.64. The van der Waals surface area contributed by atoms with Gasteiger partial charge in [0.05, 0.1) is 6.10 Å². The Balaban J connectivity index is 2.22. The second kappa shape index (κ2) is 3.70. The molecule has 76 valence electrons. The van der Waals surface area contributed by atoms with E-state index in [0.717, 1.165) is 12.8 Å². The van der Waals surface area contributed by atoms with Crippen LogP contribution in [0.15, 0.2) is 23.8 Å². The summed E-state index contributed by atoms with van der Waals surface area (Å²) >= 11 is 0. The van der Waals surface area contributed by atoms with Crippen molar-refractivity contribution < 1.29 is 9.53 Å². The lowest BCUT2D eigenvalue weighted by atomic mass is 9.91. The third-order valence-corrected chi connectivity index (χ3v) is 3.30. The lowest BCUT2D eigenvalue weighted by Crippen LogP contribution is -2.13. The van der Waals surface area contributed by atoms with Gasteiger partial charge in [0, 0.05) is 13.0 Å². The van der Waals surface area contributed by atoms with E-state index in [1.807, 2.05) is 19.1 Å². The molecule has 2 heteroatoms. The van der Waals surface area contributed by atoms with Gasteiger partial charge >= 0.3 is 0 Å². The monoisotopic (exact) mass is 192 g/mol. The number of hydrogen-bond acceptors (Lipinski definition) is 2. The van der Waals surface area contributed by atoms with Crippen molar-refractivity contribution in [1.29, 1.82) is 0 Å². The normalized spacial score (nSPS) is 36.6. The molecule has 0 heterocycles. The SMILES string of the molecule is C/C=C/[C@@H]1C(=O)C=C2[C@@H](OC)CC[C@H]21. The highest BCUT2D eigenvalue weighted by atomic mass is 16.5. The molecular formula is C12H16O2. The number of fused-ring (bicyclic) bond motifs is 1. The second-order valence-corrected chi connectivity index (χ2v) is 4.01. The number of ether oxygens (including phenoxy) is 1. The Morgan fingerprint density at radius 1 is 1.50 bits per heavy atom. The van der Waals surface area contributed by atoms with Gasteiger partial charge in [0.25, 0.3) is 0 Å². The maximum Gasteiger partial charge on any atom is 0.163 e. The molecule has 0 saturated heterocycles. The molecule has 0 aromatic heterocycles. The van der Waals surface area contributed by atoms with Gasteiger partial charge in [-0.05, 0) is 37.3 Å². The summed E-state index contributed by atoms with van der Waals surface area (Å²) in [5.74, 6) is 0.767. The number of methoxy groups -OCH3 is 1. The zero-order valence-electron chi connectivity index (χ0n) is 8.69. The highest BCUT2D eigenvalue weighted by Crippen LogP contribution is 2.43. The van der Waals surface area contributed by atoms with Crippen LogP contribution in [0.1, 0.15) is 19.8 Å². The minimum atomic E-state index is 0.0927. The molecule has 3 atom stereocenters. The van der Waals surface area contributed by atoms with Gasteiger partial charge in [-0.3, -0.25) is 4.79 Å². The highest BCUT2D eigenvalue weighted by molar-refractivity contribution is 5.97. The van der Waals surface area contributed by atoms with E-state index in [0.29, 0.717) is 5.92 Å². The van der Waals surface area contributed by atoms with Crippen molar-refractivity contribution in [2.75, 3.05) is 7.11 Å². The average molecular weight is 192 g/mol. The number of rotatable bonds is 2. The molecule has 2 rings (SSSR count). The Morgan fingerprint density at radius 3 is 2.93 bits per heavy atom. The van der Waals surface area contributed by atoms with Crippen LogP contribution < -0.4 is 0 Å². The lowest BCUT2D eigenvalue weighted by molar-refractivity contribution is -0.116. The van der Waals surface area contributed by atoms with Crippen LogP contribution in [-0.2, 0) is 9.53 Å². The first-order valence-electron chi connectivity index (χ1n) is 5.19. The highest BCUT2D eigenvalue weighted by Gasteiger charge is 2.41. The summed E-state index contributed by atoms with van der Waals surface area (Å²) in [6.07, 6.45) is 8.14. The molecule has 0 aromatic rings. The fourth-order valence-corrected chi connectivity index (χ4v) is 2.64. The smallest absolute Gasteiger partial charge is 0.163 e. The first-order valence-corrected chi connectivity index (χ1v) is 5.19. The summed E-state index contributed by atoms with van der Waals surface area (Å²) in [7, 11) is 1.72. The Labute approximate surface area is 84.6 Å². The second-order valence-electron chi connectivity index (χ2n) is 4.01. The lowest BCUT2D eigenvalue weighted by Gasteiger charge is -2.12. The van der Waals surface area contributed by atoms with Crippen molar-refractivity contribution >= 4 is 5.78 Å². The standard InChI is InChI=1S/C12H16O2/c1-3-4-9-8-5-6-12(14-2)10(8)7-11(9)13/h3-4,7-9,12H,5-6H2,1-2H3/b4-3+/t8-,9-,12-/m0/s1. The Hall–Kier alpha value is -0.890. The van der Waals surface area contributed by atoms with Gasteiger partial charge < -0.3 is 4.74 Å². The zero-order valence-corrected chi connectivity index (χ0v) is 8.69. The molecule has 0 bridgehead atoms. The molecule has 2 aliphatic carbocycles. The first kappa shape index (κ1) is 9.66. The van der Waals surface area contributed by atoms with E-state index in [1.54, 1.807) is 13.2 Å². The van der Waals surface area contributed by atoms with E-state index in [4.69, 9.17) is 4.74 Å². The van der Waals surface area contributed by atoms with E-state index < -0.39 is 0 Å². The largest absolute Gasteiger partial charge is 0.377 e. The third-order valence-electron chi connectivity index (χ3n) is 3.30. The zero-order chi connectivity index (χ0) is 10.1. The topological polar surface area (TPSA) is 26.3 Å². The summed E-state index contributed by atoms with van der Waals surface area (Å²) in [6.45, 7) is 1.97. The number of ketones is 1. The summed E-state index contributed by atoms with van der Waals surface area (Å²) in [5.41, 5.74) is 1.22. The minimum absolute atomic E-state index is 0.0927. The molecule has 2 aliphatic rings. The Morgan fingerprint density at radius 2 is 2.29 bits per heavy atom. The van der Waals surface area contributed by atoms with Crippen LogP contribution >= 0.6 is 0 Å². The van der Waals surface area contributed by atoms with Crippen molar-refractivity contribution in [3.8, 4) is 0 Å². The fraction of sp³-hybridized carbons (Fsp3) is 0.583. The number of carbonyl (C=O) groups is 1. The van der Waals surface area contributed by atoms with Crippen molar-refractivity contribution in [3.63, 3.8) is 0 Å². The van der Waals surface area contributed by atoms with Crippen LogP contribution in [-0.4, -0.2) is 19.0 Å². The van der Waals surface area contributed by atoms with Crippen LogP contribution in [0.2, 0.25) is 0 Å². The molecule has 2 nitrogen and oxygen atoms in total. The minimum Gasteiger partial charge on any atom is -0.377 e. The van der Waals surface area contributed by atoms with Gasteiger partial charge in [-0.2, -0.15) is 0 Å². The number of allylic oxidation sites excluding steroid dienone is 3. The van der Waals surface area contributed by atoms with Crippen molar-refractivity contribution in [3.05, 3.63) is 23.8 Å². The van der Waals surface area contributed by atoms with E-state index in [9.17, 15) is 4.79 Å². The molecule has 0 aliphatic heterocycles. The van der Waals surface area contributed by atoms with E-state index in [1.165, 1.54) is 5.57 Å². The molecule has 1 fully saturated rings. The van der Waals surface area contributed by atoms with Gasteiger partial charge in [-0.25, -0.2) is 0 Å². The van der Waals surface area contributed by atoms with Crippen LogP contribution in [0.5, 0.6) is 0 Å². The van der Waals surface area contributed by atoms with E-state index in [2.05, 4.69) is 0 Å². The first-order chi connectivity index (χ1) is 6.77. The van der Waals surface area contributed by atoms with Gasteiger partial charge in [0.1, 0.15) is 0 Å². The van der Waals surface area contributed by atoms with Gasteiger partial charge in [-0.1, -0.05) is 12.2 Å². The van der Waals surface area contributed by atoms with Gasteiger partial charge in [-0.15, -0.1) is 0 Å². The number of hydrogen-bond donors (Lipinski definition) is 0. The maximum absolute atomic E-state index is 11.7. The molecule has 14 heavy (non-hydrogen) atoms. The summed E-state index contributed by atoms with van der Waals surface area (Å²) in [6, 6.07) is 0. The molecule has 0 N–H and O–H groups in total. The van der Waals surface area contributed by atoms with E-state index in [-0.39, 0.29) is 17.8 Å². The summed E-state index contributed by atoms with van der Waals surface area (Å²) < 4.78 is 5.36. The average Bonchev–Trinajstić information content (AvgIpc) is 2.68. The molecule has 0 unspecified atom stereocenters. The van der Waals surface area contributed by atoms with Crippen molar-refractivity contribution in [1.82, 2.24) is 0 Å². The van der Waals surface area contributed by atoms with E-state index >= 15 is 0 Å². The third kappa shape index (κ3) is 1.34. The molecule has 0 spiro atoms. The Bertz CT molecular complexity index is 301. The van der Waals surface area contributed by atoms with Crippen LogP contribution in [0.4, 0.5) is 0 Å². The predicted molar refractivity (Wildman–Crippen MR) is 54.9 cm³/mol. The van der Waals surface area contributed by atoms with Crippen molar-refractivity contribution in [2.45, 2.75) is 25.9 Å². The van der Waals surface area contributed by atoms with Crippen LogP contribution in [0, 0.1) is 11.8 Å². The van der Waals surface area contributed by atoms with Gasteiger partial charge in [0.2, 0.25) is 0 Å². The Kier molecular flexibility index (Phi) is 2.55. The summed E-state index contributed by atoms with van der Waals surface area (Å²) in [5, 5.41) is 0. The quantitative estimate of drug-likeness (QED) is 0.626. The molecule has 0 aromatic carbocycles. The number of carbonyl (C=O) groups excluding carboxylic acids is 1. The van der Waals surface area contributed by atoms with Crippen LogP contribution in [0.3, 0.4) is 0 Å². The predicted octanol–water partition coefficient (Wildman–Crippen LogP) is 2.11. The van der Waals surface area contributed by atoms with Gasteiger partial charge in [0.15, 0.2) is 5.78 Å². The molecular weight excluding hydrogens is 176 g/mol. The molecule has 0 amide bonds. The van der Waals surface area contributed by atoms with Crippen molar-refractivity contribution in [2.24, 2.45) is 11.8 Å². The van der Waals surface area contributed by atoms with Crippen LogP contribution in [0.25, 0.3) is 0 Å². The molecule has 0 radical (unpaired) electrons. The molecule has 1 saturated carbocycles. The maximum atomic E-state index is 11.7. The summed E-state index contributed by atoms with van der Waals surface area (Å²) in [4.78, 5) is 11.7.